The van der Waals surface area contributed by atoms with Crippen LogP contribution in [0.15, 0.2) is 47.4 Å². The maximum atomic E-state index is 14.1. The number of alkyl halides is 9. The SMILES string of the molecule is CCOC(=O)C(CCCCCCCCC1c2ccc(OC)cc2SCC1(C)c1ccc(OC)cc1)CCC(F)(F)C(F)(F)C(F)(F)C(F)(F)F. The number of fused-ring (bicyclic) bond motifs is 1. The van der Waals surface area contributed by atoms with Crippen LogP contribution < -0.4 is 9.47 Å². The van der Waals surface area contributed by atoms with Crippen molar-refractivity contribution in [1.82, 2.24) is 0 Å². The molecule has 3 rings (SSSR count). The summed E-state index contributed by atoms with van der Waals surface area (Å²) < 4.78 is 135. The second-order valence-electron chi connectivity index (χ2n) is 12.9. The number of carbonyl (C=O) groups excluding carboxylic acids is 1. The van der Waals surface area contributed by atoms with Crippen LogP contribution in [-0.2, 0) is 14.9 Å². The Morgan fingerprint density at radius 2 is 1.40 bits per heavy atom. The Morgan fingerprint density at radius 3 is 1.98 bits per heavy atom. The first kappa shape index (κ1) is 41.6. The van der Waals surface area contributed by atoms with Crippen LogP contribution >= 0.6 is 11.8 Å². The zero-order valence-corrected chi connectivity index (χ0v) is 29.4. The van der Waals surface area contributed by atoms with Crippen molar-refractivity contribution in [2.24, 2.45) is 5.92 Å². The van der Waals surface area contributed by atoms with Gasteiger partial charge in [-0.3, -0.25) is 4.79 Å². The molecule has 1 aliphatic rings. The van der Waals surface area contributed by atoms with E-state index in [1.165, 1.54) is 22.9 Å². The van der Waals surface area contributed by atoms with Crippen molar-refractivity contribution in [1.29, 1.82) is 0 Å². The van der Waals surface area contributed by atoms with Crippen molar-refractivity contribution < 1.29 is 58.5 Å². The maximum Gasteiger partial charge on any atom is 0.460 e. The van der Waals surface area contributed by atoms with E-state index in [9.17, 15) is 44.3 Å². The molecule has 282 valence electrons. The molecule has 50 heavy (non-hydrogen) atoms. The zero-order chi connectivity index (χ0) is 37.4. The molecule has 3 atom stereocenters. The van der Waals surface area contributed by atoms with Crippen LogP contribution in [0, 0.1) is 5.92 Å². The minimum Gasteiger partial charge on any atom is -0.497 e. The molecule has 0 aromatic heterocycles. The summed E-state index contributed by atoms with van der Waals surface area (Å²) in [5.74, 6) is -19.0. The number of methoxy groups -OCH3 is 2. The average Bonchev–Trinajstić information content (AvgIpc) is 3.07. The summed E-state index contributed by atoms with van der Waals surface area (Å²) in [5.41, 5.74) is 2.32. The summed E-state index contributed by atoms with van der Waals surface area (Å²) >= 11 is 1.80. The normalized spacial score (nSPS) is 19.1. The minimum absolute atomic E-state index is 0.0592. The number of carbonyl (C=O) groups is 1. The van der Waals surface area contributed by atoms with E-state index >= 15 is 0 Å². The Hall–Kier alpha value is -2.77. The predicted octanol–water partition coefficient (Wildman–Crippen LogP) is 11.4. The molecule has 2 aromatic rings. The molecule has 0 aliphatic carbocycles. The van der Waals surface area contributed by atoms with Gasteiger partial charge in [-0.15, -0.1) is 11.8 Å². The van der Waals surface area contributed by atoms with Gasteiger partial charge in [-0.25, -0.2) is 0 Å². The lowest BCUT2D eigenvalue weighted by atomic mass is 9.68. The first-order chi connectivity index (χ1) is 23.4. The maximum absolute atomic E-state index is 14.1. The predicted molar refractivity (Wildman–Crippen MR) is 174 cm³/mol. The number of benzene rings is 2. The molecule has 14 heteroatoms. The van der Waals surface area contributed by atoms with Crippen molar-refractivity contribution in [3.63, 3.8) is 0 Å². The quantitative estimate of drug-likeness (QED) is 0.0814. The van der Waals surface area contributed by atoms with Gasteiger partial charge in [-0.2, -0.15) is 39.5 Å². The molecule has 0 fully saturated rings. The zero-order valence-electron chi connectivity index (χ0n) is 28.6. The largest absolute Gasteiger partial charge is 0.497 e. The van der Waals surface area contributed by atoms with Gasteiger partial charge in [0.05, 0.1) is 26.7 Å². The highest BCUT2D eigenvalue weighted by atomic mass is 32.2. The number of esters is 1. The van der Waals surface area contributed by atoms with E-state index in [2.05, 4.69) is 31.2 Å². The van der Waals surface area contributed by atoms with Crippen LogP contribution in [-0.4, -0.2) is 56.5 Å². The molecule has 0 saturated heterocycles. The van der Waals surface area contributed by atoms with Gasteiger partial charge in [0.2, 0.25) is 0 Å². The molecule has 3 unspecified atom stereocenters. The molecular formula is C36H45F9O4S. The lowest BCUT2D eigenvalue weighted by molar-refractivity contribution is -0.396. The number of unbranched alkanes of at least 4 members (excludes halogenated alkanes) is 5. The van der Waals surface area contributed by atoms with Crippen LogP contribution in [0.25, 0.3) is 0 Å². The molecule has 1 heterocycles. The van der Waals surface area contributed by atoms with Crippen LogP contribution in [0.3, 0.4) is 0 Å². The van der Waals surface area contributed by atoms with Crippen molar-refractivity contribution in [2.45, 2.75) is 118 Å². The van der Waals surface area contributed by atoms with E-state index in [0.29, 0.717) is 12.8 Å². The fraction of sp³-hybridized carbons (Fsp3) is 0.639. The summed E-state index contributed by atoms with van der Waals surface area (Å²) in [6, 6.07) is 14.3. The Kier molecular flexibility index (Phi) is 14.3. The molecule has 2 aromatic carbocycles. The highest BCUT2D eigenvalue weighted by Gasteiger charge is 2.81. The third-order valence-corrected chi connectivity index (χ3v) is 11.0. The number of rotatable bonds is 19. The van der Waals surface area contributed by atoms with Gasteiger partial charge in [-0.05, 0) is 67.5 Å². The van der Waals surface area contributed by atoms with Crippen LogP contribution in [0.4, 0.5) is 39.5 Å². The van der Waals surface area contributed by atoms with Gasteiger partial charge in [0.25, 0.3) is 0 Å². The van der Waals surface area contributed by atoms with Crippen molar-refractivity contribution >= 4 is 17.7 Å². The molecule has 4 nitrogen and oxygen atoms in total. The summed E-state index contributed by atoms with van der Waals surface area (Å²) in [6.07, 6.45) is -4.83. The van der Waals surface area contributed by atoms with E-state index in [4.69, 9.17) is 14.2 Å². The Balaban J connectivity index is 1.55. The lowest BCUT2D eigenvalue weighted by Gasteiger charge is -2.43. The van der Waals surface area contributed by atoms with Gasteiger partial charge in [0.15, 0.2) is 0 Å². The number of thioether (sulfide) groups is 1. The molecule has 0 radical (unpaired) electrons. The fourth-order valence-electron chi connectivity index (χ4n) is 6.46. The van der Waals surface area contributed by atoms with Crippen molar-refractivity contribution in [3.8, 4) is 11.5 Å². The third kappa shape index (κ3) is 9.36. The van der Waals surface area contributed by atoms with E-state index in [0.717, 1.165) is 49.4 Å². The van der Waals surface area contributed by atoms with E-state index in [1.807, 2.05) is 18.2 Å². The monoisotopic (exact) mass is 744 g/mol. The molecular weight excluding hydrogens is 699 g/mol. The number of ether oxygens (including phenoxy) is 3. The smallest absolute Gasteiger partial charge is 0.460 e. The van der Waals surface area contributed by atoms with Crippen LogP contribution in [0.5, 0.6) is 11.5 Å². The Labute approximate surface area is 291 Å². The van der Waals surface area contributed by atoms with Gasteiger partial charge < -0.3 is 14.2 Å². The third-order valence-electron chi connectivity index (χ3n) is 9.57. The molecule has 0 saturated carbocycles. The first-order valence-electron chi connectivity index (χ1n) is 16.7. The molecule has 0 N–H and O–H groups in total. The summed E-state index contributed by atoms with van der Waals surface area (Å²) in [5, 5.41) is 0. The highest BCUT2D eigenvalue weighted by Crippen LogP contribution is 2.55. The lowest BCUT2D eigenvalue weighted by Crippen LogP contribution is -2.60. The fourth-order valence-corrected chi connectivity index (χ4v) is 7.86. The number of hydrogen-bond acceptors (Lipinski definition) is 5. The van der Waals surface area contributed by atoms with E-state index in [-0.39, 0.29) is 24.4 Å². The highest BCUT2D eigenvalue weighted by molar-refractivity contribution is 7.99. The topological polar surface area (TPSA) is 44.8 Å². The Bertz CT molecular complexity index is 1380. The van der Waals surface area contributed by atoms with Gasteiger partial charge in [0, 0.05) is 22.5 Å². The summed E-state index contributed by atoms with van der Waals surface area (Å²) in [6.45, 7) is 3.56. The van der Waals surface area contributed by atoms with Gasteiger partial charge >= 0.3 is 29.9 Å². The summed E-state index contributed by atoms with van der Waals surface area (Å²) in [4.78, 5) is 13.5. The van der Waals surface area contributed by atoms with Crippen LogP contribution in [0.1, 0.15) is 95.1 Å². The van der Waals surface area contributed by atoms with E-state index < -0.39 is 48.7 Å². The average molecular weight is 745 g/mol. The van der Waals surface area contributed by atoms with E-state index in [1.54, 1.807) is 26.0 Å². The molecule has 0 bridgehead atoms. The first-order valence-corrected chi connectivity index (χ1v) is 17.7. The second-order valence-corrected chi connectivity index (χ2v) is 13.9. The standard InChI is InChI=1S/C36H45F9O4S/c1-5-49-31(46)24(20-21-33(37,38)34(39,40)35(41,42)36(43,44)45)12-10-8-6-7-9-11-13-29-28-19-18-27(48-4)22-30(28)50-23-32(29,2)25-14-16-26(47-3)17-15-25/h14-19,22,24,29H,5-13,20-21,23H2,1-4H3. The summed E-state index contributed by atoms with van der Waals surface area (Å²) in [7, 11) is 3.26. The van der Waals surface area contributed by atoms with Crippen LogP contribution in [0.2, 0.25) is 0 Å². The van der Waals surface area contributed by atoms with Gasteiger partial charge in [-0.1, -0.05) is 63.6 Å². The Morgan fingerprint density at radius 1 is 0.820 bits per heavy atom. The molecule has 1 aliphatic heterocycles. The van der Waals surface area contributed by atoms with Crippen molar-refractivity contribution in [2.75, 3.05) is 26.6 Å². The number of hydrogen-bond donors (Lipinski definition) is 0. The molecule has 0 amide bonds. The number of halogens is 9. The van der Waals surface area contributed by atoms with Crippen molar-refractivity contribution in [3.05, 3.63) is 53.6 Å². The minimum atomic E-state index is -6.95. The molecule has 0 spiro atoms. The second kappa shape index (κ2) is 17.2. The van der Waals surface area contributed by atoms with Gasteiger partial charge in [0.1, 0.15) is 11.5 Å².